The monoisotopic (exact) mass is 315 g/mol. The van der Waals surface area contributed by atoms with Crippen molar-refractivity contribution in [2.24, 2.45) is 5.84 Å². The third kappa shape index (κ3) is 3.56. The van der Waals surface area contributed by atoms with E-state index < -0.39 is 4.92 Å². The van der Waals surface area contributed by atoms with Crippen molar-refractivity contribution in [2.75, 3.05) is 11.7 Å². The second-order valence-electron chi connectivity index (χ2n) is 3.26. The molecule has 0 spiro atoms. The molecule has 0 saturated carbocycles. The molecule has 0 aliphatic heterocycles. The molecule has 0 bridgehead atoms. The Morgan fingerprint density at radius 2 is 2.11 bits per heavy atom. The van der Waals surface area contributed by atoms with E-state index in [0.717, 1.165) is 8.68 Å². The summed E-state index contributed by atoms with van der Waals surface area (Å²) in [5.74, 6) is 5.30. The Hall–Kier alpha value is -1.36. The van der Waals surface area contributed by atoms with E-state index >= 15 is 0 Å². The van der Waals surface area contributed by atoms with E-state index in [9.17, 15) is 10.1 Å². The van der Waals surface area contributed by atoms with Crippen molar-refractivity contribution in [1.29, 1.82) is 0 Å². The molecular weight excluding hydrogens is 306 g/mol. The normalized spacial score (nSPS) is 10.4. The van der Waals surface area contributed by atoms with E-state index in [1.54, 1.807) is 6.07 Å². The van der Waals surface area contributed by atoms with Crippen LogP contribution in [0.15, 0.2) is 31.8 Å². The summed E-state index contributed by atoms with van der Waals surface area (Å²) in [7, 11) is 0. The average molecular weight is 315 g/mol. The zero-order chi connectivity index (χ0) is 13.8. The van der Waals surface area contributed by atoms with Gasteiger partial charge < -0.3 is 5.43 Å². The van der Waals surface area contributed by atoms with E-state index in [0.29, 0.717) is 10.6 Å². The molecule has 19 heavy (non-hydrogen) atoms. The quantitative estimate of drug-likeness (QED) is 0.375. The number of anilines is 1. The Morgan fingerprint density at radius 3 is 2.68 bits per heavy atom. The molecule has 7 nitrogen and oxygen atoms in total. The second kappa shape index (κ2) is 6.19. The lowest BCUT2D eigenvalue weighted by molar-refractivity contribution is -0.385. The number of nitrogens with zero attached hydrogens (tertiary/aromatic N) is 3. The maximum atomic E-state index is 10.8. The van der Waals surface area contributed by atoms with Gasteiger partial charge >= 0.3 is 0 Å². The summed E-state index contributed by atoms with van der Waals surface area (Å²) in [6.45, 7) is 0. The maximum Gasteiger partial charge on any atom is 0.272 e. The number of nitro benzene ring substituents is 1. The number of aromatic nitrogens is 2. The highest BCUT2D eigenvalue weighted by Crippen LogP contribution is 2.35. The van der Waals surface area contributed by atoms with Crippen LogP contribution in [0.4, 0.5) is 11.4 Å². The van der Waals surface area contributed by atoms with Gasteiger partial charge in [0.2, 0.25) is 0 Å². The minimum absolute atomic E-state index is 0.0208. The zero-order valence-corrected chi connectivity index (χ0v) is 12.1. The molecule has 10 heteroatoms. The highest BCUT2D eigenvalue weighted by molar-refractivity contribution is 8.03. The molecule has 1 aromatic carbocycles. The molecule has 0 saturated heterocycles. The molecule has 2 rings (SSSR count). The third-order valence-electron chi connectivity index (χ3n) is 2.04. The molecular formula is C9H9N5O2S3. The summed E-state index contributed by atoms with van der Waals surface area (Å²) in [6.07, 6.45) is 1.92. The number of nitrogens with two attached hydrogens (primary N) is 1. The largest absolute Gasteiger partial charge is 0.324 e. The van der Waals surface area contributed by atoms with E-state index in [1.165, 1.54) is 47.0 Å². The van der Waals surface area contributed by atoms with Crippen LogP contribution in [0.1, 0.15) is 0 Å². The van der Waals surface area contributed by atoms with Gasteiger partial charge in [0.25, 0.3) is 5.69 Å². The highest BCUT2D eigenvalue weighted by atomic mass is 32.2. The molecule has 0 amide bonds. The van der Waals surface area contributed by atoms with Crippen LogP contribution in [0.25, 0.3) is 0 Å². The standard InChI is InChI=1S/C9H9N5O2S3/c1-17-8-12-13-9(19-8)18-7-3-5(11-10)2-6(4-7)14(15)16/h2-4,11H,10H2,1H3. The summed E-state index contributed by atoms with van der Waals surface area (Å²) < 4.78 is 1.58. The number of rotatable bonds is 5. The van der Waals surface area contributed by atoms with Gasteiger partial charge in [-0.25, -0.2) is 0 Å². The first-order valence-corrected chi connectivity index (χ1v) is 7.79. The minimum atomic E-state index is -0.460. The van der Waals surface area contributed by atoms with Gasteiger partial charge in [0.05, 0.1) is 10.6 Å². The number of nitrogens with one attached hydrogen (secondary N) is 1. The first kappa shape index (κ1) is 14.1. The van der Waals surface area contributed by atoms with Crippen molar-refractivity contribution < 1.29 is 4.92 Å². The van der Waals surface area contributed by atoms with Crippen LogP contribution in [0, 0.1) is 10.1 Å². The molecule has 0 atom stereocenters. The molecule has 0 aliphatic rings. The molecule has 0 unspecified atom stereocenters. The van der Waals surface area contributed by atoms with Crippen LogP contribution >= 0.6 is 34.9 Å². The van der Waals surface area contributed by atoms with E-state index in [1.807, 2.05) is 6.26 Å². The van der Waals surface area contributed by atoms with Crippen molar-refractivity contribution in [3.8, 4) is 0 Å². The summed E-state index contributed by atoms with van der Waals surface area (Å²) in [5.41, 5.74) is 2.87. The van der Waals surface area contributed by atoms with E-state index in [4.69, 9.17) is 5.84 Å². The van der Waals surface area contributed by atoms with Gasteiger partial charge in [-0.05, 0) is 12.3 Å². The van der Waals surface area contributed by atoms with Crippen molar-refractivity contribution in [3.63, 3.8) is 0 Å². The number of nitro groups is 1. The fourth-order valence-electron chi connectivity index (χ4n) is 1.25. The molecule has 3 N–H and O–H groups in total. The van der Waals surface area contributed by atoms with Crippen LogP contribution in [0.2, 0.25) is 0 Å². The summed E-state index contributed by atoms with van der Waals surface area (Å²) in [4.78, 5) is 11.0. The fourth-order valence-corrected chi connectivity index (χ4v) is 3.76. The number of non-ortho nitro benzene ring substituents is 1. The van der Waals surface area contributed by atoms with Crippen LogP contribution in [0.3, 0.4) is 0 Å². The zero-order valence-electron chi connectivity index (χ0n) is 9.69. The molecule has 0 radical (unpaired) electrons. The Morgan fingerprint density at radius 1 is 1.37 bits per heavy atom. The van der Waals surface area contributed by atoms with Gasteiger partial charge in [-0.1, -0.05) is 34.9 Å². The first-order chi connectivity index (χ1) is 9.12. The number of hydrogen-bond acceptors (Lipinski definition) is 9. The molecule has 2 aromatic rings. The van der Waals surface area contributed by atoms with Crippen molar-refractivity contribution in [1.82, 2.24) is 10.2 Å². The lowest BCUT2D eigenvalue weighted by atomic mass is 10.3. The Kier molecular flexibility index (Phi) is 4.58. The number of nitrogen functional groups attached to an aromatic ring is 1. The van der Waals surface area contributed by atoms with E-state index in [-0.39, 0.29) is 5.69 Å². The van der Waals surface area contributed by atoms with Gasteiger partial charge in [-0.15, -0.1) is 10.2 Å². The van der Waals surface area contributed by atoms with Gasteiger partial charge in [-0.3, -0.25) is 16.0 Å². The smallest absolute Gasteiger partial charge is 0.272 e. The average Bonchev–Trinajstić information content (AvgIpc) is 2.85. The first-order valence-electron chi connectivity index (χ1n) is 4.94. The number of benzene rings is 1. The molecule has 0 fully saturated rings. The third-order valence-corrected chi connectivity index (χ3v) is 4.96. The summed E-state index contributed by atoms with van der Waals surface area (Å²) in [5, 5.41) is 18.8. The van der Waals surface area contributed by atoms with Crippen molar-refractivity contribution in [3.05, 3.63) is 28.3 Å². The van der Waals surface area contributed by atoms with Crippen LogP contribution < -0.4 is 11.3 Å². The Balaban J connectivity index is 2.28. The molecule has 1 heterocycles. The number of hydrazine groups is 1. The lowest BCUT2D eigenvalue weighted by Crippen LogP contribution is -2.07. The van der Waals surface area contributed by atoms with Gasteiger partial charge in [-0.2, -0.15) is 0 Å². The Bertz CT molecular complexity index is 603. The topological polar surface area (TPSA) is 107 Å². The molecule has 100 valence electrons. The highest BCUT2D eigenvalue weighted by Gasteiger charge is 2.12. The van der Waals surface area contributed by atoms with Crippen LogP contribution in [-0.4, -0.2) is 21.4 Å². The lowest BCUT2D eigenvalue weighted by Gasteiger charge is -2.03. The van der Waals surface area contributed by atoms with Crippen molar-refractivity contribution in [2.45, 2.75) is 13.6 Å². The summed E-state index contributed by atoms with van der Waals surface area (Å²) >= 11 is 4.26. The molecule has 0 aliphatic carbocycles. The predicted molar refractivity (Wildman–Crippen MR) is 76.7 cm³/mol. The number of thioether (sulfide) groups is 1. The van der Waals surface area contributed by atoms with Gasteiger partial charge in [0.15, 0.2) is 8.68 Å². The molecule has 1 aromatic heterocycles. The van der Waals surface area contributed by atoms with Gasteiger partial charge in [0, 0.05) is 17.0 Å². The van der Waals surface area contributed by atoms with Crippen LogP contribution in [-0.2, 0) is 0 Å². The predicted octanol–water partition coefficient (Wildman–Crippen LogP) is 2.61. The second-order valence-corrected chi connectivity index (χ2v) is 6.61. The number of hydrogen-bond donors (Lipinski definition) is 2. The van der Waals surface area contributed by atoms with E-state index in [2.05, 4.69) is 15.6 Å². The summed E-state index contributed by atoms with van der Waals surface area (Å²) in [6, 6.07) is 4.57. The SMILES string of the molecule is CSc1nnc(Sc2cc(NN)cc([N+](=O)[O-])c2)s1. The minimum Gasteiger partial charge on any atom is -0.324 e. The fraction of sp³-hybridized carbons (Fsp3) is 0.111. The van der Waals surface area contributed by atoms with Gasteiger partial charge in [0.1, 0.15) is 0 Å². The van der Waals surface area contributed by atoms with Crippen LogP contribution in [0.5, 0.6) is 0 Å². The Labute approximate surface area is 121 Å². The maximum absolute atomic E-state index is 10.8. The van der Waals surface area contributed by atoms with Crippen molar-refractivity contribution >= 4 is 46.2 Å².